The number of methoxy groups -OCH3 is 1. The lowest BCUT2D eigenvalue weighted by atomic mass is 10.0. The molecular weight excluding hydrogens is 178 g/mol. The van der Waals surface area contributed by atoms with Crippen molar-refractivity contribution < 1.29 is 9.53 Å². The fourth-order valence-electron chi connectivity index (χ4n) is 1.55. The molecule has 0 bridgehead atoms. The second kappa shape index (κ2) is 6.14. The van der Waals surface area contributed by atoms with Crippen molar-refractivity contribution in [1.82, 2.24) is 0 Å². The van der Waals surface area contributed by atoms with Crippen LogP contribution in [-0.4, -0.2) is 25.5 Å². The van der Waals surface area contributed by atoms with Crippen LogP contribution in [0.15, 0.2) is 0 Å². The lowest BCUT2D eigenvalue weighted by molar-refractivity contribution is -0.120. The van der Waals surface area contributed by atoms with E-state index in [1.807, 2.05) is 0 Å². The van der Waals surface area contributed by atoms with E-state index >= 15 is 0 Å². The molecule has 0 aromatic rings. The van der Waals surface area contributed by atoms with Crippen molar-refractivity contribution in [2.75, 3.05) is 13.7 Å². The van der Waals surface area contributed by atoms with E-state index in [4.69, 9.17) is 10.5 Å². The molecule has 1 atom stereocenters. The standard InChI is InChI=1S/C11H21NO2/c1-14-8-2-3-10(12)11(13)7-6-9-4-5-9/h9-10H,2-8,12H2,1H3. The Kier molecular flexibility index (Phi) is 5.12. The van der Waals surface area contributed by atoms with E-state index in [1.165, 1.54) is 12.8 Å². The van der Waals surface area contributed by atoms with Gasteiger partial charge in [-0.1, -0.05) is 12.8 Å². The lowest BCUT2D eigenvalue weighted by Gasteiger charge is -2.09. The van der Waals surface area contributed by atoms with Gasteiger partial charge in [0.2, 0.25) is 0 Å². The number of rotatable bonds is 8. The van der Waals surface area contributed by atoms with Gasteiger partial charge in [0.1, 0.15) is 5.78 Å². The Balaban J connectivity index is 2.02. The first-order valence-corrected chi connectivity index (χ1v) is 5.51. The highest BCUT2D eigenvalue weighted by Gasteiger charge is 2.23. The van der Waals surface area contributed by atoms with Gasteiger partial charge in [-0.3, -0.25) is 4.79 Å². The molecule has 0 spiro atoms. The van der Waals surface area contributed by atoms with E-state index < -0.39 is 0 Å². The highest BCUT2D eigenvalue weighted by molar-refractivity contribution is 5.83. The summed E-state index contributed by atoms with van der Waals surface area (Å²) in [5.41, 5.74) is 5.76. The van der Waals surface area contributed by atoms with Crippen LogP contribution in [0.2, 0.25) is 0 Å². The normalized spacial score (nSPS) is 18.1. The molecule has 0 saturated heterocycles. The zero-order valence-electron chi connectivity index (χ0n) is 9.00. The Morgan fingerprint density at radius 2 is 2.29 bits per heavy atom. The molecule has 0 aromatic heterocycles. The topological polar surface area (TPSA) is 52.3 Å². The summed E-state index contributed by atoms with van der Waals surface area (Å²) in [6.07, 6.45) is 6.00. The van der Waals surface area contributed by atoms with Crippen LogP contribution in [0, 0.1) is 5.92 Å². The van der Waals surface area contributed by atoms with Gasteiger partial charge in [-0.2, -0.15) is 0 Å². The summed E-state index contributed by atoms with van der Waals surface area (Å²) in [6, 6.07) is -0.260. The van der Waals surface area contributed by atoms with Gasteiger partial charge < -0.3 is 10.5 Å². The number of carbonyl (C=O) groups excluding carboxylic acids is 1. The fraction of sp³-hybridized carbons (Fsp3) is 0.909. The van der Waals surface area contributed by atoms with Gasteiger partial charge in [0.05, 0.1) is 6.04 Å². The molecule has 14 heavy (non-hydrogen) atoms. The van der Waals surface area contributed by atoms with Crippen molar-refractivity contribution in [3.05, 3.63) is 0 Å². The molecule has 3 nitrogen and oxygen atoms in total. The second-order valence-corrected chi connectivity index (χ2v) is 4.19. The van der Waals surface area contributed by atoms with Crippen LogP contribution < -0.4 is 5.73 Å². The Morgan fingerprint density at radius 3 is 2.86 bits per heavy atom. The molecule has 1 fully saturated rings. The van der Waals surface area contributed by atoms with Gasteiger partial charge in [-0.05, 0) is 25.2 Å². The summed E-state index contributed by atoms with van der Waals surface area (Å²) in [4.78, 5) is 11.5. The van der Waals surface area contributed by atoms with Crippen LogP contribution in [0.5, 0.6) is 0 Å². The smallest absolute Gasteiger partial charge is 0.149 e. The van der Waals surface area contributed by atoms with Crippen LogP contribution >= 0.6 is 0 Å². The van der Waals surface area contributed by atoms with Gasteiger partial charge >= 0.3 is 0 Å². The summed E-state index contributed by atoms with van der Waals surface area (Å²) < 4.78 is 4.91. The summed E-state index contributed by atoms with van der Waals surface area (Å²) in [5.74, 6) is 1.05. The van der Waals surface area contributed by atoms with Crippen LogP contribution in [0.4, 0.5) is 0 Å². The van der Waals surface area contributed by atoms with Gasteiger partial charge in [0, 0.05) is 20.1 Å². The predicted molar refractivity (Wildman–Crippen MR) is 56.1 cm³/mol. The third-order valence-corrected chi connectivity index (χ3v) is 2.77. The Hall–Kier alpha value is -0.410. The molecule has 1 unspecified atom stereocenters. The molecule has 1 aliphatic carbocycles. The molecule has 0 amide bonds. The maximum Gasteiger partial charge on any atom is 0.149 e. The van der Waals surface area contributed by atoms with Gasteiger partial charge in [-0.15, -0.1) is 0 Å². The maximum atomic E-state index is 11.5. The summed E-state index contributed by atoms with van der Waals surface area (Å²) in [5, 5.41) is 0. The van der Waals surface area contributed by atoms with E-state index in [0.29, 0.717) is 13.0 Å². The zero-order chi connectivity index (χ0) is 10.4. The molecule has 0 aliphatic heterocycles. The minimum absolute atomic E-state index is 0.230. The number of hydrogen-bond acceptors (Lipinski definition) is 3. The quantitative estimate of drug-likeness (QED) is 0.603. The van der Waals surface area contributed by atoms with Crippen LogP contribution in [-0.2, 0) is 9.53 Å². The first-order chi connectivity index (χ1) is 6.74. The Bertz CT molecular complexity index is 178. The maximum absolute atomic E-state index is 11.5. The molecular formula is C11H21NO2. The van der Waals surface area contributed by atoms with Crippen molar-refractivity contribution in [3.63, 3.8) is 0 Å². The van der Waals surface area contributed by atoms with Gasteiger partial charge in [0.15, 0.2) is 0 Å². The van der Waals surface area contributed by atoms with Crippen molar-refractivity contribution in [2.24, 2.45) is 11.7 Å². The summed E-state index contributed by atoms with van der Waals surface area (Å²) in [6.45, 7) is 0.698. The van der Waals surface area contributed by atoms with Crippen LogP contribution in [0.1, 0.15) is 38.5 Å². The summed E-state index contributed by atoms with van der Waals surface area (Å²) in [7, 11) is 1.67. The zero-order valence-corrected chi connectivity index (χ0v) is 9.00. The van der Waals surface area contributed by atoms with E-state index in [-0.39, 0.29) is 11.8 Å². The molecule has 82 valence electrons. The largest absolute Gasteiger partial charge is 0.385 e. The number of Topliss-reactive ketones (excluding diaryl/α,β-unsaturated/α-hetero) is 1. The van der Waals surface area contributed by atoms with Crippen molar-refractivity contribution >= 4 is 5.78 Å². The number of ketones is 1. The number of nitrogens with two attached hydrogens (primary N) is 1. The summed E-state index contributed by atoms with van der Waals surface area (Å²) >= 11 is 0. The van der Waals surface area contributed by atoms with Crippen LogP contribution in [0.3, 0.4) is 0 Å². The average Bonchev–Trinajstić information content (AvgIpc) is 2.98. The molecule has 3 heteroatoms. The first kappa shape index (κ1) is 11.7. The van der Waals surface area contributed by atoms with Crippen molar-refractivity contribution in [2.45, 2.75) is 44.6 Å². The molecule has 2 N–H and O–H groups in total. The van der Waals surface area contributed by atoms with Crippen molar-refractivity contribution in [1.29, 1.82) is 0 Å². The molecule has 1 rings (SSSR count). The van der Waals surface area contributed by atoms with E-state index in [9.17, 15) is 4.79 Å². The lowest BCUT2D eigenvalue weighted by Crippen LogP contribution is -2.30. The van der Waals surface area contributed by atoms with Gasteiger partial charge in [0.25, 0.3) is 0 Å². The minimum atomic E-state index is -0.260. The van der Waals surface area contributed by atoms with Crippen LogP contribution in [0.25, 0.3) is 0 Å². The van der Waals surface area contributed by atoms with E-state index in [2.05, 4.69) is 0 Å². The van der Waals surface area contributed by atoms with E-state index in [0.717, 1.165) is 25.2 Å². The molecule has 0 heterocycles. The average molecular weight is 199 g/mol. The number of ether oxygens (including phenoxy) is 1. The minimum Gasteiger partial charge on any atom is -0.385 e. The molecule has 0 aromatic carbocycles. The third kappa shape index (κ3) is 4.72. The predicted octanol–water partition coefficient (Wildman–Crippen LogP) is 1.50. The highest BCUT2D eigenvalue weighted by Crippen LogP contribution is 2.33. The SMILES string of the molecule is COCCCC(N)C(=O)CCC1CC1. The number of hydrogen-bond donors (Lipinski definition) is 1. The fourth-order valence-corrected chi connectivity index (χ4v) is 1.55. The molecule has 1 aliphatic rings. The monoisotopic (exact) mass is 199 g/mol. The van der Waals surface area contributed by atoms with Crippen molar-refractivity contribution in [3.8, 4) is 0 Å². The van der Waals surface area contributed by atoms with E-state index in [1.54, 1.807) is 7.11 Å². The van der Waals surface area contributed by atoms with Gasteiger partial charge in [-0.25, -0.2) is 0 Å². The number of carbonyl (C=O) groups is 1. The molecule has 1 saturated carbocycles. The Morgan fingerprint density at radius 1 is 1.57 bits per heavy atom. The third-order valence-electron chi connectivity index (χ3n) is 2.77. The highest BCUT2D eigenvalue weighted by atomic mass is 16.5. The molecule has 0 radical (unpaired) electrons. The second-order valence-electron chi connectivity index (χ2n) is 4.19. The first-order valence-electron chi connectivity index (χ1n) is 5.51. The Labute approximate surface area is 86.0 Å².